The van der Waals surface area contributed by atoms with Crippen LogP contribution in [-0.4, -0.2) is 42.4 Å². The average Bonchev–Trinajstić information content (AvgIpc) is 2.72. The second kappa shape index (κ2) is 6.58. The molecule has 0 aromatic heterocycles. The quantitative estimate of drug-likeness (QED) is 0.685. The Morgan fingerprint density at radius 1 is 1.33 bits per heavy atom. The lowest BCUT2D eigenvalue weighted by atomic mass is 10.1. The molecular formula is C12H22N2O4. The van der Waals surface area contributed by atoms with E-state index in [0.29, 0.717) is 0 Å². The molecule has 0 aromatic carbocycles. The van der Waals surface area contributed by atoms with Crippen LogP contribution in [0.15, 0.2) is 0 Å². The Morgan fingerprint density at radius 2 is 2.00 bits per heavy atom. The van der Waals surface area contributed by atoms with Gasteiger partial charge in [-0.3, -0.25) is 0 Å². The highest BCUT2D eigenvalue weighted by molar-refractivity contribution is 5.82. The first-order valence-electron chi connectivity index (χ1n) is 6.28. The number of rotatable bonds is 5. The van der Waals surface area contributed by atoms with Crippen LogP contribution in [0.4, 0.5) is 4.79 Å². The molecular weight excluding hydrogens is 236 g/mol. The van der Waals surface area contributed by atoms with Crippen LogP contribution in [0.5, 0.6) is 0 Å². The second-order valence-electron chi connectivity index (χ2n) is 4.99. The number of urea groups is 1. The molecule has 1 rings (SSSR count). The Kier molecular flexibility index (Phi) is 5.40. The van der Waals surface area contributed by atoms with Crippen molar-refractivity contribution in [2.75, 3.05) is 7.11 Å². The molecule has 0 spiro atoms. The van der Waals surface area contributed by atoms with Crippen molar-refractivity contribution < 1.29 is 19.4 Å². The molecule has 0 aliphatic heterocycles. The van der Waals surface area contributed by atoms with E-state index in [-0.39, 0.29) is 18.1 Å². The third-order valence-electron chi connectivity index (χ3n) is 3.29. The summed E-state index contributed by atoms with van der Waals surface area (Å²) in [4.78, 5) is 22.7. The highest BCUT2D eigenvalue weighted by Gasteiger charge is 2.30. The summed E-state index contributed by atoms with van der Waals surface area (Å²) in [7, 11) is 1.62. The van der Waals surface area contributed by atoms with E-state index in [2.05, 4.69) is 10.6 Å². The number of carboxylic acids is 1. The minimum absolute atomic E-state index is 0.0260. The zero-order valence-electron chi connectivity index (χ0n) is 11.1. The van der Waals surface area contributed by atoms with Gasteiger partial charge in [-0.05, 0) is 25.2 Å². The van der Waals surface area contributed by atoms with Gasteiger partial charge in [0, 0.05) is 7.11 Å². The Bertz CT molecular complexity index is 306. The lowest BCUT2D eigenvalue weighted by Gasteiger charge is -2.23. The van der Waals surface area contributed by atoms with Crippen molar-refractivity contribution in [3.05, 3.63) is 0 Å². The highest BCUT2D eigenvalue weighted by Crippen LogP contribution is 2.21. The Morgan fingerprint density at radius 3 is 2.50 bits per heavy atom. The van der Waals surface area contributed by atoms with Gasteiger partial charge in [0.05, 0.1) is 12.1 Å². The van der Waals surface area contributed by atoms with E-state index in [1.165, 1.54) is 0 Å². The zero-order chi connectivity index (χ0) is 13.7. The minimum atomic E-state index is -1.02. The molecule has 1 aliphatic carbocycles. The lowest BCUT2D eigenvalue weighted by Crippen LogP contribution is -2.52. The average molecular weight is 258 g/mol. The molecule has 6 heteroatoms. The van der Waals surface area contributed by atoms with Crippen molar-refractivity contribution in [1.82, 2.24) is 10.6 Å². The maximum atomic E-state index is 11.7. The van der Waals surface area contributed by atoms with Gasteiger partial charge in [-0.2, -0.15) is 0 Å². The van der Waals surface area contributed by atoms with Crippen LogP contribution in [0.3, 0.4) is 0 Å². The maximum absolute atomic E-state index is 11.7. The summed E-state index contributed by atoms with van der Waals surface area (Å²) in [5.41, 5.74) is 0. The summed E-state index contributed by atoms with van der Waals surface area (Å²) in [6.07, 6.45) is 2.83. The van der Waals surface area contributed by atoms with Gasteiger partial charge < -0.3 is 20.5 Å². The molecule has 3 N–H and O–H groups in total. The van der Waals surface area contributed by atoms with E-state index < -0.39 is 18.0 Å². The van der Waals surface area contributed by atoms with Crippen LogP contribution in [0.25, 0.3) is 0 Å². The monoisotopic (exact) mass is 258 g/mol. The molecule has 6 nitrogen and oxygen atoms in total. The maximum Gasteiger partial charge on any atom is 0.326 e. The SMILES string of the molecule is COC1CCCC1NC(=O)N[C@H](C(=O)O)C(C)C. The van der Waals surface area contributed by atoms with Crippen molar-refractivity contribution in [3.8, 4) is 0 Å². The summed E-state index contributed by atoms with van der Waals surface area (Å²) in [5, 5.41) is 14.2. The van der Waals surface area contributed by atoms with Crippen LogP contribution in [0, 0.1) is 5.92 Å². The largest absolute Gasteiger partial charge is 0.480 e. The third-order valence-corrected chi connectivity index (χ3v) is 3.29. The number of carboxylic acid groups (broad SMARTS) is 1. The Labute approximate surface area is 107 Å². The molecule has 2 amide bonds. The van der Waals surface area contributed by atoms with Gasteiger partial charge in [0.1, 0.15) is 6.04 Å². The lowest BCUT2D eigenvalue weighted by molar-refractivity contribution is -0.140. The van der Waals surface area contributed by atoms with Crippen molar-refractivity contribution in [1.29, 1.82) is 0 Å². The number of amides is 2. The number of methoxy groups -OCH3 is 1. The van der Waals surface area contributed by atoms with Crippen LogP contribution in [-0.2, 0) is 9.53 Å². The number of aliphatic carboxylic acids is 1. The topological polar surface area (TPSA) is 87.7 Å². The van der Waals surface area contributed by atoms with Gasteiger partial charge in [0.25, 0.3) is 0 Å². The fraction of sp³-hybridized carbons (Fsp3) is 0.833. The highest BCUT2D eigenvalue weighted by atomic mass is 16.5. The number of carbonyl (C=O) groups excluding carboxylic acids is 1. The Hall–Kier alpha value is -1.30. The van der Waals surface area contributed by atoms with Crippen LogP contribution in [0.1, 0.15) is 33.1 Å². The number of carbonyl (C=O) groups is 2. The predicted octanol–water partition coefficient (Wildman–Crippen LogP) is 0.962. The standard InChI is InChI=1S/C12H22N2O4/c1-7(2)10(11(15)16)14-12(17)13-8-5-4-6-9(8)18-3/h7-10H,4-6H2,1-3H3,(H,15,16)(H2,13,14,17)/t8?,9?,10-/m0/s1. The van der Waals surface area contributed by atoms with E-state index in [1.54, 1.807) is 21.0 Å². The summed E-state index contributed by atoms with van der Waals surface area (Å²) in [6, 6.07) is -1.34. The molecule has 0 saturated heterocycles. The van der Waals surface area contributed by atoms with Gasteiger partial charge in [0.15, 0.2) is 0 Å². The minimum Gasteiger partial charge on any atom is -0.480 e. The smallest absolute Gasteiger partial charge is 0.326 e. The van der Waals surface area contributed by atoms with Crippen molar-refractivity contribution in [2.45, 2.75) is 51.3 Å². The predicted molar refractivity (Wildman–Crippen MR) is 66.4 cm³/mol. The number of ether oxygens (including phenoxy) is 1. The number of hydrogen-bond donors (Lipinski definition) is 3. The molecule has 0 radical (unpaired) electrons. The van der Waals surface area contributed by atoms with Crippen molar-refractivity contribution in [3.63, 3.8) is 0 Å². The fourth-order valence-electron chi connectivity index (χ4n) is 2.24. The van der Waals surface area contributed by atoms with E-state index in [4.69, 9.17) is 9.84 Å². The fourth-order valence-corrected chi connectivity index (χ4v) is 2.24. The molecule has 1 aliphatic rings. The molecule has 3 atom stereocenters. The van der Waals surface area contributed by atoms with E-state index in [1.807, 2.05) is 0 Å². The molecule has 2 unspecified atom stereocenters. The van der Waals surface area contributed by atoms with Gasteiger partial charge >= 0.3 is 12.0 Å². The zero-order valence-corrected chi connectivity index (χ0v) is 11.1. The van der Waals surface area contributed by atoms with Crippen molar-refractivity contribution in [2.24, 2.45) is 5.92 Å². The molecule has 0 bridgehead atoms. The molecule has 1 saturated carbocycles. The summed E-state index contributed by atoms with van der Waals surface area (Å²) in [6.45, 7) is 3.51. The van der Waals surface area contributed by atoms with Crippen molar-refractivity contribution >= 4 is 12.0 Å². The van der Waals surface area contributed by atoms with E-state index in [0.717, 1.165) is 19.3 Å². The van der Waals surface area contributed by atoms with Gasteiger partial charge in [-0.1, -0.05) is 13.8 Å². The van der Waals surface area contributed by atoms with Crippen LogP contribution < -0.4 is 10.6 Å². The van der Waals surface area contributed by atoms with Gasteiger partial charge in [-0.15, -0.1) is 0 Å². The molecule has 1 fully saturated rings. The van der Waals surface area contributed by atoms with Crippen LogP contribution in [0.2, 0.25) is 0 Å². The van der Waals surface area contributed by atoms with E-state index >= 15 is 0 Å². The molecule has 0 aromatic rings. The number of hydrogen-bond acceptors (Lipinski definition) is 3. The third kappa shape index (κ3) is 3.87. The summed E-state index contributed by atoms with van der Waals surface area (Å²) in [5.74, 6) is -1.18. The Balaban J connectivity index is 2.47. The first-order chi connectivity index (χ1) is 8.45. The van der Waals surface area contributed by atoms with E-state index in [9.17, 15) is 9.59 Å². The molecule has 18 heavy (non-hydrogen) atoms. The van der Waals surface area contributed by atoms with Crippen LogP contribution >= 0.6 is 0 Å². The summed E-state index contributed by atoms with van der Waals surface area (Å²) >= 11 is 0. The second-order valence-corrected chi connectivity index (χ2v) is 4.99. The number of nitrogens with one attached hydrogen (secondary N) is 2. The molecule has 104 valence electrons. The first-order valence-corrected chi connectivity index (χ1v) is 6.28. The first kappa shape index (κ1) is 14.8. The normalized spacial score (nSPS) is 24.9. The van der Waals surface area contributed by atoms with Gasteiger partial charge in [0.2, 0.25) is 0 Å². The molecule has 0 heterocycles. The summed E-state index contributed by atoms with van der Waals surface area (Å²) < 4.78 is 5.27. The van der Waals surface area contributed by atoms with Gasteiger partial charge in [-0.25, -0.2) is 9.59 Å².